The molecule has 8 heteroatoms. The van der Waals surface area contributed by atoms with Crippen LogP contribution in [0, 0.1) is 10.1 Å². The van der Waals surface area contributed by atoms with Crippen LogP contribution in [0.5, 0.6) is 5.75 Å². The molecule has 0 saturated heterocycles. The average molecular weight is 372 g/mol. The molecule has 2 aliphatic rings. The summed E-state index contributed by atoms with van der Waals surface area (Å²) in [6.45, 7) is 1.19. The lowest BCUT2D eigenvalue weighted by atomic mass is 9.81. The number of para-hydroxylation sites is 1. The maximum atomic E-state index is 13.3. The van der Waals surface area contributed by atoms with Gasteiger partial charge in [0.2, 0.25) is 12.1 Å². The highest BCUT2D eigenvalue weighted by Gasteiger charge is 2.63. The Morgan fingerprint density at radius 3 is 2.73 bits per heavy atom. The fourth-order valence-electron chi connectivity index (χ4n) is 3.57. The van der Waals surface area contributed by atoms with Crippen LogP contribution in [0.4, 0.5) is 5.69 Å². The van der Waals surface area contributed by atoms with Gasteiger partial charge in [0.15, 0.2) is 0 Å². The molecule has 26 heavy (non-hydrogen) atoms. The van der Waals surface area contributed by atoms with E-state index in [0.717, 1.165) is 0 Å². The van der Waals surface area contributed by atoms with Crippen LogP contribution in [0.1, 0.15) is 18.4 Å². The van der Waals surface area contributed by atoms with Crippen molar-refractivity contribution in [3.63, 3.8) is 0 Å². The first-order valence-electron chi connectivity index (χ1n) is 7.99. The molecule has 0 aliphatic carbocycles. The van der Waals surface area contributed by atoms with Gasteiger partial charge in [-0.05, 0) is 37.3 Å². The monoisotopic (exact) mass is 371 g/mol. The molecule has 1 spiro atoms. The Morgan fingerprint density at radius 2 is 2.04 bits per heavy atom. The topological polar surface area (TPSA) is 85.0 Å². The number of hydrogen-bond acceptors (Lipinski definition) is 5. The second-order valence-electron chi connectivity index (χ2n) is 6.23. The SMILES string of the molecule is CC1=NN(c2ccccc2)C(=O)[C@@]12Oc1ccc(Cl)cc1[C@@H]2C[N+](=O)[O-]. The molecule has 2 aromatic rings. The van der Waals surface area contributed by atoms with E-state index in [-0.39, 0.29) is 0 Å². The number of rotatable bonds is 3. The van der Waals surface area contributed by atoms with E-state index < -0.39 is 28.9 Å². The lowest BCUT2D eigenvalue weighted by molar-refractivity contribution is -0.484. The minimum Gasteiger partial charge on any atom is -0.470 e. The maximum Gasteiger partial charge on any atom is 0.298 e. The minimum absolute atomic E-state index is 0.380. The molecule has 0 saturated carbocycles. The van der Waals surface area contributed by atoms with Gasteiger partial charge in [0.1, 0.15) is 11.7 Å². The number of nitro groups is 1. The van der Waals surface area contributed by atoms with Crippen molar-refractivity contribution in [3.05, 3.63) is 69.2 Å². The summed E-state index contributed by atoms with van der Waals surface area (Å²) in [4.78, 5) is 24.2. The third-order valence-corrected chi connectivity index (χ3v) is 4.97. The number of anilines is 1. The van der Waals surface area contributed by atoms with Crippen molar-refractivity contribution in [3.8, 4) is 5.75 Å². The molecule has 2 aromatic carbocycles. The molecule has 132 valence electrons. The molecular formula is C18H14ClN3O4. The molecule has 0 fully saturated rings. The predicted molar refractivity (Wildman–Crippen MR) is 96.5 cm³/mol. The van der Waals surface area contributed by atoms with E-state index in [1.165, 1.54) is 5.01 Å². The van der Waals surface area contributed by atoms with Crippen LogP contribution < -0.4 is 9.75 Å². The van der Waals surface area contributed by atoms with Crippen LogP contribution in [0.3, 0.4) is 0 Å². The molecule has 7 nitrogen and oxygen atoms in total. The fourth-order valence-corrected chi connectivity index (χ4v) is 3.75. The Bertz CT molecular complexity index is 947. The quantitative estimate of drug-likeness (QED) is 0.612. The number of fused-ring (bicyclic) bond motifs is 1. The predicted octanol–water partition coefficient (Wildman–Crippen LogP) is 3.25. The summed E-state index contributed by atoms with van der Waals surface area (Å²) in [5.41, 5.74) is -0.0284. The number of hydrazone groups is 1. The number of amides is 1. The molecular weight excluding hydrogens is 358 g/mol. The first-order valence-corrected chi connectivity index (χ1v) is 8.37. The number of carbonyl (C=O) groups excluding carboxylic acids is 1. The summed E-state index contributed by atoms with van der Waals surface area (Å²) in [7, 11) is 0. The lowest BCUT2D eigenvalue weighted by Gasteiger charge is -2.27. The summed E-state index contributed by atoms with van der Waals surface area (Å²) in [6, 6.07) is 13.8. The smallest absolute Gasteiger partial charge is 0.298 e. The zero-order valence-corrected chi connectivity index (χ0v) is 14.5. The summed E-state index contributed by atoms with van der Waals surface area (Å²) in [5.74, 6) is -0.837. The van der Waals surface area contributed by atoms with Crippen molar-refractivity contribution >= 4 is 28.9 Å². The van der Waals surface area contributed by atoms with Gasteiger partial charge in [-0.3, -0.25) is 14.9 Å². The van der Waals surface area contributed by atoms with Gasteiger partial charge in [-0.1, -0.05) is 29.8 Å². The van der Waals surface area contributed by atoms with Crippen molar-refractivity contribution in [2.24, 2.45) is 5.10 Å². The molecule has 2 aliphatic heterocycles. The summed E-state index contributed by atoms with van der Waals surface area (Å²) in [5, 5.41) is 17.3. The van der Waals surface area contributed by atoms with Gasteiger partial charge in [-0.15, -0.1) is 0 Å². The van der Waals surface area contributed by atoms with Crippen LogP contribution in [-0.2, 0) is 4.79 Å². The van der Waals surface area contributed by atoms with Crippen LogP contribution >= 0.6 is 11.6 Å². The number of halogens is 1. The number of hydrogen-bond donors (Lipinski definition) is 0. The molecule has 1 amide bonds. The van der Waals surface area contributed by atoms with Crippen LogP contribution in [0.25, 0.3) is 0 Å². The van der Waals surface area contributed by atoms with Crippen LogP contribution in [0.15, 0.2) is 53.6 Å². The standard InChI is InChI=1S/C18H14ClN3O4/c1-11-18(17(23)22(20-11)13-5-3-2-4-6-13)15(10-21(24)25)14-9-12(19)7-8-16(14)26-18/h2-9,15H,10H2,1H3/t15-,18+/m0/s1. The molecule has 2 heterocycles. The molecule has 0 aromatic heterocycles. The largest absolute Gasteiger partial charge is 0.470 e. The normalized spacial score (nSPS) is 23.8. The van der Waals surface area contributed by atoms with E-state index in [1.807, 2.05) is 6.07 Å². The zero-order valence-electron chi connectivity index (χ0n) is 13.8. The van der Waals surface area contributed by atoms with E-state index in [4.69, 9.17) is 16.3 Å². The highest BCUT2D eigenvalue weighted by molar-refractivity contribution is 6.30. The summed E-state index contributed by atoms with van der Waals surface area (Å²) < 4.78 is 6.02. The van der Waals surface area contributed by atoms with Crippen molar-refractivity contribution in [2.75, 3.05) is 11.6 Å². The molecule has 4 rings (SSSR count). The summed E-state index contributed by atoms with van der Waals surface area (Å²) >= 11 is 6.07. The molecule has 2 atom stereocenters. The van der Waals surface area contributed by atoms with Gasteiger partial charge in [0.25, 0.3) is 5.91 Å². The van der Waals surface area contributed by atoms with Gasteiger partial charge >= 0.3 is 0 Å². The van der Waals surface area contributed by atoms with Gasteiger partial charge in [0, 0.05) is 15.5 Å². The maximum absolute atomic E-state index is 13.3. The Balaban J connectivity index is 1.83. The third kappa shape index (κ3) is 2.28. The highest BCUT2D eigenvalue weighted by Crippen LogP contribution is 2.49. The van der Waals surface area contributed by atoms with Gasteiger partial charge in [0.05, 0.1) is 11.4 Å². The van der Waals surface area contributed by atoms with Crippen LogP contribution in [0.2, 0.25) is 5.02 Å². The first kappa shape index (κ1) is 16.5. The third-order valence-electron chi connectivity index (χ3n) is 4.74. The van der Waals surface area contributed by atoms with Gasteiger partial charge < -0.3 is 4.74 Å². The molecule has 0 N–H and O–H groups in total. The zero-order chi connectivity index (χ0) is 18.5. The minimum atomic E-state index is -1.53. The Kier molecular flexibility index (Phi) is 3.69. The van der Waals surface area contributed by atoms with Crippen molar-refractivity contribution in [2.45, 2.75) is 18.4 Å². The van der Waals surface area contributed by atoms with Crippen molar-refractivity contribution in [1.82, 2.24) is 0 Å². The molecule has 0 unspecified atom stereocenters. The number of benzene rings is 2. The molecule has 0 bridgehead atoms. The van der Waals surface area contributed by atoms with E-state index in [1.54, 1.807) is 49.4 Å². The van der Waals surface area contributed by atoms with E-state index >= 15 is 0 Å². The second kappa shape index (κ2) is 5.81. The fraction of sp³-hybridized carbons (Fsp3) is 0.222. The highest BCUT2D eigenvalue weighted by atomic mass is 35.5. The van der Waals surface area contributed by atoms with E-state index in [9.17, 15) is 14.9 Å². The van der Waals surface area contributed by atoms with E-state index in [0.29, 0.717) is 27.7 Å². The van der Waals surface area contributed by atoms with Crippen LogP contribution in [-0.4, -0.2) is 28.7 Å². The molecule has 0 radical (unpaired) electrons. The second-order valence-corrected chi connectivity index (χ2v) is 6.66. The van der Waals surface area contributed by atoms with Gasteiger partial charge in [-0.25, -0.2) is 0 Å². The Hall–Kier alpha value is -2.93. The average Bonchev–Trinajstić information content (AvgIpc) is 3.06. The first-order chi connectivity index (χ1) is 12.4. The van der Waals surface area contributed by atoms with Crippen molar-refractivity contribution < 1.29 is 14.5 Å². The number of nitrogens with zero attached hydrogens (tertiary/aromatic N) is 3. The van der Waals surface area contributed by atoms with Crippen molar-refractivity contribution in [1.29, 1.82) is 0 Å². The van der Waals surface area contributed by atoms with Gasteiger partial charge in [-0.2, -0.15) is 10.1 Å². The number of carbonyl (C=O) groups is 1. The number of ether oxygens (including phenoxy) is 1. The lowest BCUT2D eigenvalue weighted by Crippen LogP contribution is -2.54. The van der Waals surface area contributed by atoms with E-state index in [2.05, 4.69) is 5.10 Å². The summed E-state index contributed by atoms with van der Waals surface area (Å²) in [6.07, 6.45) is 0. The Morgan fingerprint density at radius 1 is 1.31 bits per heavy atom. The Labute approximate surface area is 154 Å².